The number of carbonyl (C=O) groups excluding carboxylic acids is 1. The van der Waals surface area contributed by atoms with Crippen LogP contribution in [0.1, 0.15) is 27.2 Å². The predicted molar refractivity (Wildman–Crippen MR) is 109 cm³/mol. The highest BCUT2D eigenvalue weighted by atomic mass is 32.2. The zero-order valence-corrected chi connectivity index (χ0v) is 16.9. The van der Waals surface area contributed by atoms with Crippen molar-refractivity contribution >= 4 is 15.9 Å². The first-order valence-corrected chi connectivity index (χ1v) is 10.5. The Morgan fingerprint density at radius 3 is 2.48 bits per heavy atom. The van der Waals surface area contributed by atoms with Gasteiger partial charge < -0.3 is 10.4 Å². The molecular weight excluding hydrogens is 392 g/mol. The summed E-state index contributed by atoms with van der Waals surface area (Å²) >= 11 is 0. The maximum absolute atomic E-state index is 12.3. The fourth-order valence-electron chi connectivity index (χ4n) is 3.11. The van der Waals surface area contributed by atoms with Gasteiger partial charge in [0.1, 0.15) is 11.4 Å². The Hall–Kier alpha value is -3.17. The van der Waals surface area contributed by atoms with Crippen LogP contribution in [0.3, 0.4) is 0 Å². The van der Waals surface area contributed by atoms with Crippen LogP contribution in [0.15, 0.2) is 47.4 Å². The number of primary sulfonamides is 1. The standard InChI is InChI=1S/C20H22N4O4S/c1-12-9-13(2)19(18(25)10-12)16-11-17(24-23-16)20(26)22-8-7-14-3-5-15(6-4-14)29(21,27)28/h3-6,9-11,25H,7-8H2,1-2H3,(H,22,26)(H,23,24)(H2,21,27,28). The van der Waals surface area contributed by atoms with Gasteiger partial charge in [0.15, 0.2) is 0 Å². The maximum Gasteiger partial charge on any atom is 0.269 e. The van der Waals surface area contributed by atoms with Crippen molar-refractivity contribution in [2.75, 3.05) is 6.54 Å². The van der Waals surface area contributed by atoms with Crippen molar-refractivity contribution in [2.45, 2.75) is 25.2 Å². The van der Waals surface area contributed by atoms with Crippen molar-refractivity contribution in [3.8, 4) is 17.0 Å². The highest BCUT2D eigenvalue weighted by Gasteiger charge is 2.15. The molecule has 8 nitrogen and oxygen atoms in total. The number of nitrogens with zero attached hydrogens (tertiary/aromatic N) is 1. The van der Waals surface area contributed by atoms with Crippen LogP contribution in [0.4, 0.5) is 0 Å². The summed E-state index contributed by atoms with van der Waals surface area (Å²) in [4.78, 5) is 12.4. The smallest absolute Gasteiger partial charge is 0.269 e. The Balaban J connectivity index is 1.63. The van der Waals surface area contributed by atoms with Gasteiger partial charge >= 0.3 is 0 Å². The topological polar surface area (TPSA) is 138 Å². The third-order valence-corrected chi connectivity index (χ3v) is 5.42. The van der Waals surface area contributed by atoms with E-state index in [1.165, 1.54) is 12.1 Å². The number of H-pyrrole nitrogens is 1. The lowest BCUT2D eigenvalue weighted by Crippen LogP contribution is -2.26. The summed E-state index contributed by atoms with van der Waals surface area (Å²) in [6.07, 6.45) is 0.523. The van der Waals surface area contributed by atoms with E-state index in [1.807, 2.05) is 19.9 Å². The van der Waals surface area contributed by atoms with Crippen LogP contribution >= 0.6 is 0 Å². The van der Waals surface area contributed by atoms with Gasteiger partial charge in [-0.25, -0.2) is 13.6 Å². The highest BCUT2D eigenvalue weighted by Crippen LogP contribution is 2.32. The molecule has 1 amide bonds. The van der Waals surface area contributed by atoms with Gasteiger partial charge in [0.25, 0.3) is 5.91 Å². The van der Waals surface area contributed by atoms with Gasteiger partial charge in [-0.1, -0.05) is 18.2 Å². The molecule has 2 aromatic carbocycles. The lowest BCUT2D eigenvalue weighted by molar-refractivity contribution is 0.0949. The fraction of sp³-hybridized carbons (Fsp3) is 0.200. The lowest BCUT2D eigenvalue weighted by atomic mass is 10.0. The van der Waals surface area contributed by atoms with Gasteiger partial charge in [0.2, 0.25) is 10.0 Å². The number of benzene rings is 2. The van der Waals surface area contributed by atoms with E-state index in [9.17, 15) is 18.3 Å². The number of amides is 1. The Kier molecular flexibility index (Phi) is 5.71. The fourth-order valence-corrected chi connectivity index (χ4v) is 3.62. The highest BCUT2D eigenvalue weighted by molar-refractivity contribution is 7.89. The third-order valence-electron chi connectivity index (χ3n) is 4.49. The molecule has 0 unspecified atom stereocenters. The largest absolute Gasteiger partial charge is 0.507 e. The molecule has 5 N–H and O–H groups in total. The summed E-state index contributed by atoms with van der Waals surface area (Å²) in [5, 5.41) is 24.9. The van der Waals surface area contributed by atoms with Crippen molar-refractivity contribution in [1.82, 2.24) is 15.5 Å². The number of nitrogens with two attached hydrogens (primary N) is 1. The molecule has 0 bridgehead atoms. The second-order valence-electron chi connectivity index (χ2n) is 6.84. The molecule has 0 spiro atoms. The Bertz CT molecular complexity index is 1130. The molecule has 0 atom stereocenters. The van der Waals surface area contributed by atoms with Crippen molar-refractivity contribution in [1.29, 1.82) is 0 Å². The molecule has 0 aliphatic rings. The number of aromatic nitrogens is 2. The number of phenols is 1. The molecule has 3 rings (SSSR count). The van der Waals surface area contributed by atoms with Crippen LogP contribution < -0.4 is 10.5 Å². The molecule has 3 aromatic rings. The van der Waals surface area contributed by atoms with Gasteiger partial charge in [-0.05, 0) is 61.2 Å². The van der Waals surface area contributed by atoms with Crippen molar-refractivity contribution in [3.63, 3.8) is 0 Å². The zero-order valence-electron chi connectivity index (χ0n) is 16.1. The summed E-state index contributed by atoms with van der Waals surface area (Å²) in [7, 11) is -3.72. The number of aromatic amines is 1. The molecule has 0 aliphatic carbocycles. The summed E-state index contributed by atoms with van der Waals surface area (Å²) in [5.41, 5.74) is 4.02. The number of carbonyl (C=O) groups is 1. The molecule has 152 valence electrons. The van der Waals surface area contributed by atoms with E-state index in [1.54, 1.807) is 24.3 Å². The van der Waals surface area contributed by atoms with Crippen LogP contribution in [0, 0.1) is 13.8 Å². The number of nitrogens with one attached hydrogen (secondary N) is 2. The molecule has 1 heterocycles. The minimum Gasteiger partial charge on any atom is -0.507 e. The predicted octanol–water partition coefficient (Wildman–Crippen LogP) is 2.02. The Labute approximate surface area is 168 Å². The first kappa shape index (κ1) is 20.6. The maximum atomic E-state index is 12.3. The Morgan fingerprint density at radius 2 is 1.86 bits per heavy atom. The van der Waals surface area contributed by atoms with Crippen molar-refractivity contribution in [2.24, 2.45) is 5.14 Å². The number of hydrogen-bond donors (Lipinski definition) is 4. The van der Waals surface area contributed by atoms with E-state index in [0.29, 0.717) is 24.2 Å². The summed E-state index contributed by atoms with van der Waals surface area (Å²) in [6, 6.07) is 11.4. The number of aryl methyl sites for hydroxylation is 2. The third kappa shape index (κ3) is 4.82. The average molecular weight is 414 g/mol. The van der Waals surface area contributed by atoms with Crippen LogP contribution in [0.5, 0.6) is 5.75 Å². The van der Waals surface area contributed by atoms with Crippen molar-refractivity contribution in [3.05, 3.63) is 64.8 Å². The number of rotatable bonds is 6. The first-order chi connectivity index (χ1) is 13.6. The molecule has 0 radical (unpaired) electrons. The quantitative estimate of drug-likeness (QED) is 0.489. The van der Waals surface area contributed by atoms with E-state index in [4.69, 9.17) is 5.14 Å². The van der Waals surface area contributed by atoms with Gasteiger partial charge in [-0.3, -0.25) is 9.89 Å². The molecule has 1 aromatic heterocycles. The molecular formula is C20H22N4O4S. The number of aromatic hydroxyl groups is 1. The van der Waals surface area contributed by atoms with Gasteiger partial charge in [-0.2, -0.15) is 5.10 Å². The molecule has 0 saturated carbocycles. The summed E-state index contributed by atoms with van der Waals surface area (Å²) < 4.78 is 22.5. The Morgan fingerprint density at radius 1 is 1.17 bits per heavy atom. The van der Waals surface area contributed by atoms with Crippen LogP contribution in [0.25, 0.3) is 11.3 Å². The first-order valence-electron chi connectivity index (χ1n) is 8.91. The lowest BCUT2D eigenvalue weighted by Gasteiger charge is -2.07. The normalized spacial score (nSPS) is 11.4. The van der Waals surface area contributed by atoms with Crippen LogP contribution in [-0.2, 0) is 16.4 Å². The van der Waals surface area contributed by atoms with Crippen molar-refractivity contribution < 1.29 is 18.3 Å². The second kappa shape index (κ2) is 8.06. The zero-order chi connectivity index (χ0) is 21.2. The van der Waals surface area contributed by atoms with Crippen LogP contribution in [-0.4, -0.2) is 36.2 Å². The number of hydrogen-bond acceptors (Lipinski definition) is 5. The van der Waals surface area contributed by atoms with Gasteiger partial charge in [0.05, 0.1) is 10.6 Å². The van der Waals surface area contributed by atoms with E-state index >= 15 is 0 Å². The average Bonchev–Trinajstić information content (AvgIpc) is 3.10. The SMILES string of the molecule is Cc1cc(C)c(-c2cc(C(=O)NCCc3ccc(S(N)(=O)=O)cc3)[nH]n2)c(O)c1. The molecule has 9 heteroatoms. The van der Waals surface area contributed by atoms with E-state index in [-0.39, 0.29) is 22.2 Å². The number of phenolic OH excluding ortho intramolecular Hbond substituents is 1. The minimum absolute atomic E-state index is 0.0462. The number of sulfonamides is 1. The molecule has 0 aliphatic heterocycles. The molecule has 0 saturated heterocycles. The van der Waals surface area contributed by atoms with Gasteiger partial charge in [0, 0.05) is 12.1 Å². The molecule has 0 fully saturated rings. The van der Waals surface area contributed by atoms with Crippen LogP contribution in [0.2, 0.25) is 0 Å². The van der Waals surface area contributed by atoms with Gasteiger partial charge in [-0.15, -0.1) is 0 Å². The summed E-state index contributed by atoms with van der Waals surface area (Å²) in [5.74, 6) is -0.210. The minimum atomic E-state index is -3.72. The second-order valence-corrected chi connectivity index (χ2v) is 8.40. The molecule has 29 heavy (non-hydrogen) atoms. The van der Waals surface area contributed by atoms with E-state index in [2.05, 4.69) is 15.5 Å². The van der Waals surface area contributed by atoms with E-state index < -0.39 is 10.0 Å². The summed E-state index contributed by atoms with van der Waals surface area (Å²) in [6.45, 7) is 4.12. The monoisotopic (exact) mass is 414 g/mol. The van der Waals surface area contributed by atoms with E-state index in [0.717, 1.165) is 16.7 Å².